The Morgan fingerprint density at radius 1 is 1.46 bits per heavy atom. The van der Waals surface area contributed by atoms with Crippen molar-refractivity contribution in [2.45, 2.75) is 50.7 Å². The maximum absolute atomic E-state index is 11.4. The van der Waals surface area contributed by atoms with Crippen LogP contribution in [0.15, 0.2) is 0 Å². The molecule has 0 aromatic rings. The van der Waals surface area contributed by atoms with Gasteiger partial charge in [-0.25, -0.2) is 0 Å². The minimum absolute atomic E-state index is 0.174. The standard InChI is InChI=1S/C9H19NOSSi/c1-9(2,3)13(4,5)10-7(11)6-8(10)12/h8,12H,6H2,1-5H3. The van der Waals surface area contributed by atoms with Crippen LogP contribution >= 0.6 is 12.6 Å². The van der Waals surface area contributed by atoms with E-state index in [1.54, 1.807) is 0 Å². The highest BCUT2D eigenvalue weighted by molar-refractivity contribution is 7.81. The SMILES string of the molecule is CC(C)(C)[Si](C)(C)N1C(=O)CC1S. The highest BCUT2D eigenvalue weighted by Gasteiger charge is 2.50. The van der Waals surface area contributed by atoms with Crippen LogP contribution in [-0.2, 0) is 4.79 Å². The molecule has 0 saturated carbocycles. The fraction of sp³-hybridized carbons (Fsp3) is 0.889. The lowest BCUT2D eigenvalue weighted by molar-refractivity contribution is -0.135. The van der Waals surface area contributed by atoms with Gasteiger partial charge in [-0.05, 0) is 5.04 Å². The molecular weight excluding hydrogens is 198 g/mol. The molecule has 0 aromatic heterocycles. The predicted octanol–water partition coefficient (Wildman–Crippen LogP) is 2.48. The minimum Gasteiger partial charge on any atom is -0.357 e. The Morgan fingerprint density at radius 3 is 2.08 bits per heavy atom. The number of β-lactam (4-membered cyclic amide) rings is 1. The summed E-state index contributed by atoms with van der Waals surface area (Å²) in [5.41, 5.74) is 0. The van der Waals surface area contributed by atoms with Crippen molar-refractivity contribution in [1.29, 1.82) is 0 Å². The maximum Gasteiger partial charge on any atom is 0.218 e. The fourth-order valence-corrected chi connectivity index (χ4v) is 4.87. The molecule has 0 aliphatic carbocycles. The zero-order valence-electron chi connectivity index (χ0n) is 9.09. The first-order chi connectivity index (χ1) is 5.68. The number of hydrogen-bond donors (Lipinski definition) is 1. The molecule has 0 N–H and O–H groups in total. The Bertz CT molecular complexity index is 234. The molecule has 1 aliphatic rings. The van der Waals surface area contributed by atoms with Gasteiger partial charge in [-0.15, -0.1) is 0 Å². The predicted molar refractivity (Wildman–Crippen MR) is 61.4 cm³/mol. The van der Waals surface area contributed by atoms with Gasteiger partial charge in [-0.2, -0.15) is 12.6 Å². The summed E-state index contributed by atoms with van der Waals surface area (Å²) in [6, 6.07) is 0. The van der Waals surface area contributed by atoms with Gasteiger partial charge < -0.3 is 4.57 Å². The summed E-state index contributed by atoms with van der Waals surface area (Å²) in [7, 11) is -1.64. The van der Waals surface area contributed by atoms with E-state index in [1.165, 1.54) is 0 Å². The first kappa shape index (κ1) is 11.1. The number of hydrogen-bond acceptors (Lipinski definition) is 2. The van der Waals surface area contributed by atoms with Crippen LogP contribution in [-0.4, -0.2) is 24.1 Å². The van der Waals surface area contributed by atoms with Crippen LogP contribution in [0.3, 0.4) is 0 Å². The normalized spacial score (nSPS) is 24.6. The van der Waals surface area contributed by atoms with Gasteiger partial charge in [0.15, 0.2) is 8.24 Å². The van der Waals surface area contributed by atoms with Crippen LogP contribution in [0.5, 0.6) is 0 Å². The van der Waals surface area contributed by atoms with Gasteiger partial charge >= 0.3 is 0 Å². The average molecular weight is 217 g/mol. The highest BCUT2D eigenvalue weighted by Crippen LogP contribution is 2.43. The van der Waals surface area contributed by atoms with Crippen LogP contribution in [0.2, 0.25) is 18.1 Å². The van der Waals surface area contributed by atoms with Crippen molar-refractivity contribution in [2.24, 2.45) is 0 Å². The van der Waals surface area contributed by atoms with Gasteiger partial charge in [-0.1, -0.05) is 33.9 Å². The molecule has 1 aliphatic heterocycles. The van der Waals surface area contributed by atoms with Crippen molar-refractivity contribution in [3.05, 3.63) is 0 Å². The average Bonchev–Trinajstić information content (AvgIpc) is 1.82. The lowest BCUT2D eigenvalue weighted by atomic mass is 10.2. The zero-order chi connectivity index (χ0) is 10.4. The second-order valence-corrected chi connectivity index (χ2v) is 11.0. The maximum atomic E-state index is 11.4. The number of carbonyl (C=O) groups excluding carboxylic acids is 1. The molecule has 1 fully saturated rings. The van der Waals surface area contributed by atoms with E-state index in [1.807, 2.05) is 4.57 Å². The Kier molecular flexibility index (Phi) is 2.58. The van der Waals surface area contributed by atoms with E-state index < -0.39 is 8.24 Å². The van der Waals surface area contributed by atoms with Gasteiger partial charge in [0, 0.05) is 0 Å². The lowest BCUT2D eigenvalue weighted by Crippen LogP contribution is -2.66. The van der Waals surface area contributed by atoms with Gasteiger partial charge in [0.1, 0.15) is 0 Å². The van der Waals surface area contributed by atoms with Crippen molar-refractivity contribution in [3.8, 4) is 0 Å². The van der Waals surface area contributed by atoms with E-state index in [4.69, 9.17) is 0 Å². The summed E-state index contributed by atoms with van der Waals surface area (Å²) in [5, 5.41) is 0.401. The molecule has 1 atom stereocenters. The second-order valence-electron chi connectivity index (χ2n) is 5.26. The van der Waals surface area contributed by atoms with E-state index in [2.05, 4.69) is 46.5 Å². The van der Waals surface area contributed by atoms with Gasteiger partial charge in [0.2, 0.25) is 5.91 Å². The summed E-state index contributed by atoms with van der Waals surface area (Å²) >= 11 is 4.40. The van der Waals surface area contributed by atoms with Crippen molar-refractivity contribution in [3.63, 3.8) is 0 Å². The molecule has 0 aromatic carbocycles. The quantitative estimate of drug-likeness (QED) is 0.406. The van der Waals surface area contributed by atoms with Crippen molar-refractivity contribution in [2.75, 3.05) is 0 Å². The molecule has 0 radical (unpaired) electrons. The van der Waals surface area contributed by atoms with Crippen LogP contribution in [0.4, 0.5) is 0 Å². The first-order valence-electron chi connectivity index (χ1n) is 4.68. The fourth-order valence-electron chi connectivity index (χ4n) is 1.45. The first-order valence-corrected chi connectivity index (χ1v) is 8.14. The Balaban J connectivity index is 2.87. The third-order valence-electron chi connectivity index (χ3n) is 3.36. The van der Waals surface area contributed by atoms with E-state index in [0.29, 0.717) is 6.42 Å². The molecule has 0 bridgehead atoms. The van der Waals surface area contributed by atoms with Crippen molar-refractivity contribution < 1.29 is 4.79 Å². The molecule has 13 heavy (non-hydrogen) atoms. The molecule has 1 saturated heterocycles. The lowest BCUT2D eigenvalue weighted by Gasteiger charge is -2.53. The molecule has 2 nitrogen and oxygen atoms in total. The molecular formula is C9H19NOSSi. The van der Waals surface area contributed by atoms with Crippen LogP contribution in [0.1, 0.15) is 27.2 Å². The molecule has 76 valence electrons. The molecule has 1 rings (SSSR count). The largest absolute Gasteiger partial charge is 0.357 e. The number of amides is 1. The van der Waals surface area contributed by atoms with Crippen LogP contribution < -0.4 is 0 Å². The van der Waals surface area contributed by atoms with Gasteiger partial charge in [-0.3, -0.25) is 4.79 Å². The highest BCUT2D eigenvalue weighted by atomic mass is 32.1. The zero-order valence-corrected chi connectivity index (χ0v) is 11.0. The third kappa shape index (κ3) is 1.66. The van der Waals surface area contributed by atoms with E-state index in [0.717, 1.165) is 0 Å². The number of carbonyl (C=O) groups is 1. The number of nitrogens with zero attached hydrogens (tertiary/aromatic N) is 1. The van der Waals surface area contributed by atoms with E-state index in [9.17, 15) is 4.79 Å². The molecule has 1 heterocycles. The van der Waals surface area contributed by atoms with Gasteiger partial charge in [0.05, 0.1) is 11.8 Å². The Morgan fingerprint density at radius 2 is 1.92 bits per heavy atom. The number of rotatable bonds is 1. The topological polar surface area (TPSA) is 20.3 Å². The molecule has 1 amide bonds. The summed E-state index contributed by atoms with van der Waals surface area (Å²) in [5.74, 6) is 0.284. The van der Waals surface area contributed by atoms with Crippen molar-refractivity contribution >= 4 is 26.8 Å². The molecule has 1 unspecified atom stereocenters. The monoisotopic (exact) mass is 217 g/mol. The van der Waals surface area contributed by atoms with Crippen LogP contribution in [0.25, 0.3) is 0 Å². The van der Waals surface area contributed by atoms with E-state index in [-0.39, 0.29) is 16.3 Å². The van der Waals surface area contributed by atoms with Crippen LogP contribution in [0, 0.1) is 0 Å². The summed E-state index contributed by atoms with van der Waals surface area (Å²) < 4.78 is 2.02. The van der Waals surface area contributed by atoms with Crippen molar-refractivity contribution in [1.82, 2.24) is 4.57 Å². The Hall–Kier alpha value is 0.0369. The summed E-state index contributed by atoms with van der Waals surface area (Å²) in [4.78, 5) is 11.4. The summed E-state index contributed by atoms with van der Waals surface area (Å²) in [6.07, 6.45) is 0.621. The van der Waals surface area contributed by atoms with E-state index >= 15 is 0 Å². The third-order valence-corrected chi connectivity index (χ3v) is 9.43. The molecule has 0 spiro atoms. The smallest absolute Gasteiger partial charge is 0.218 e. The Labute approximate surface area is 87.2 Å². The second kappa shape index (κ2) is 3.02. The molecule has 4 heteroatoms. The minimum atomic E-state index is -1.64. The van der Waals surface area contributed by atoms with Gasteiger partial charge in [0.25, 0.3) is 0 Å². The summed E-state index contributed by atoms with van der Waals surface area (Å²) in [6.45, 7) is 11.1. The number of thiol groups is 1.